The number of benzene rings is 2. The second-order valence-electron chi connectivity index (χ2n) is 6.01. The number of amides is 2. The molecule has 0 aliphatic carbocycles. The molecule has 0 saturated carbocycles. The third-order valence-corrected chi connectivity index (χ3v) is 4.23. The minimum absolute atomic E-state index is 0.0377. The lowest BCUT2D eigenvalue weighted by atomic mass is 10.2. The van der Waals surface area contributed by atoms with Crippen LogP contribution in [0.25, 0.3) is 0 Å². The first-order valence-corrected chi connectivity index (χ1v) is 8.82. The van der Waals surface area contributed by atoms with E-state index in [1.807, 2.05) is 6.07 Å². The smallest absolute Gasteiger partial charge is 0.226 e. The summed E-state index contributed by atoms with van der Waals surface area (Å²) < 4.78 is 15.9. The topological polar surface area (TPSA) is 101 Å². The molecule has 0 atom stereocenters. The molecule has 0 spiro atoms. The number of nitrogens with one attached hydrogen (secondary N) is 1. The summed E-state index contributed by atoms with van der Waals surface area (Å²) in [7, 11) is 4.46. The molecule has 0 radical (unpaired) electrons. The molecule has 0 aromatic heterocycles. The van der Waals surface area contributed by atoms with Crippen LogP contribution >= 0.6 is 0 Å². The number of rotatable bonds is 8. The van der Waals surface area contributed by atoms with Gasteiger partial charge in [-0.1, -0.05) is 12.1 Å². The monoisotopic (exact) mass is 397 g/mol. The summed E-state index contributed by atoms with van der Waals surface area (Å²) >= 11 is 0. The Morgan fingerprint density at radius 2 is 1.69 bits per heavy atom. The highest BCUT2D eigenvalue weighted by atomic mass is 16.5. The third kappa shape index (κ3) is 5.17. The molecule has 152 valence electrons. The number of para-hydroxylation sites is 1. The van der Waals surface area contributed by atoms with E-state index < -0.39 is 0 Å². The van der Waals surface area contributed by atoms with Gasteiger partial charge in [-0.05, 0) is 12.1 Å². The summed E-state index contributed by atoms with van der Waals surface area (Å²) in [4.78, 5) is 26.0. The van der Waals surface area contributed by atoms with Gasteiger partial charge in [-0.15, -0.1) is 0 Å². The summed E-state index contributed by atoms with van der Waals surface area (Å²) in [6.07, 6.45) is 0.0377. The van der Waals surface area contributed by atoms with Gasteiger partial charge in [0.05, 0.1) is 38.3 Å². The molecular weight excluding hydrogens is 374 g/mol. The fourth-order valence-electron chi connectivity index (χ4n) is 2.81. The number of hydrogen-bond acceptors (Lipinski definition) is 6. The molecule has 8 heteroatoms. The number of nitriles is 1. The maximum Gasteiger partial charge on any atom is 0.226 e. The van der Waals surface area contributed by atoms with Gasteiger partial charge >= 0.3 is 0 Å². The van der Waals surface area contributed by atoms with Crippen LogP contribution in [0.3, 0.4) is 0 Å². The number of anilines is 2. The van der Waals surface area contributed by atoms with Crippen molar-refractivity contribution in [2.75, 3.05) is 38.1 Å². The maximum absolute atomic E-state index is 12.4. The lowest BCUT2D eigenvalue weighted by Gasteiger charge is -2.23. The molecule has 2 aromatic rings. The molecule has 8 nitrogen and oxygen atoms in total. The molecule has 0 aliphatic rings. The standard InChI is InChI=1S/C21H23N3O5/c1-14(25)24(16-11-18(27-2)21(29-4)19(12-16)28-3)10-9-20(26)23-17-8-6-5-7-15(17)13-22/h5-8,11-12H,9-10H2,1-4H3,(H,23,26). The van der Waals surface area contributed by atoms with E-state index in [1.165, 1.54) is 33.2 Å². The predicted octanol–water partition coefficient (Wildman–Crippen LogP) is 2.97. The first-order valence-electron chi connectivity index (χ1n) is 8.82. The lowest BCUT2D eigenvalue weighted by molar-refractivity contribution is -0.117. The molecule has 2 rings (SSSR count). The Morgan fingerprint density at radius 3 is 2.21 bits per heavy atom. The Labute approximate surface area is 169 Å². The maximum atomic E-state index is 12.4. The van der Waals surface area contributed by atoms with Crippen molar-refractivity contribution in [2.24, 2.45) is 0 Å². The SMILES string of the molecule is COc1cc(N(CCC(=O)Nc2ccccc2C#N)C(C)=O)cc(OC)c1OC. The van der Waals surface area contributed by atoms with E-state index in [0.717, 1.165) is 0 Å². The summed E-state index contributed by atoms with van der Waals surface area (Å²) in [5.74, 6) is 0.657. The van der Waals surface area contributed by atoms with Crippen molar-refractivity contribution in [1.29, 1.82) is 5.26 Å². The van der Waals surface area contributed by atoms with Crippen molar-refractivity contribution in [3.05, 3.63) is 42.0 Å². The molecule has 0 saturated heterocycles. The van der Waals surface area contributed by atoms with E-state index >= 15 is 0 Å². The average molecular weight is 397 g/mol. The van der Waals surface area contributed by atoms with Crippen molar-refractivity contribution >= 4 is 23.2 Å². The van der Waals surface area contributed by atoms with Crippen molar-refractivity contribution < 1.29 is 23.8 Å². The van der Waals surface area contributed by atoms with Crippen molar-refractivity contribution in [3.63, 3.8) is 0 Å². The van der Waals surface area contributed by atoms with Gasteiger partial charge in [0.2, 0.25) is 17.6 Å². The molecule has 29 heavy (non-hydrogen) atoms. The zero-order valence-electron chi connectivity index (χ0n) is 16.8. The zero-order chi connectivity index (χ0) is 21.4. The van der Waals surface area contributed by atoms with E-state index in [4.69, 9.17) is 19.5 Å². The van der Waals surface area contributed by atoms with Gasteiger partial charge in [-0.2, -0.15) is 5.26 Å². The molecule has 0 unspecified atom stereocenters. The fraction of sp³-hybridized carbons (Fsp3) is 0.286. The van der Waals surface area contributed by atoms with Crippen LogP contribution in [-0.2, 0) is 9.59 Å². The minimum atomic E-state index is -0.314. The summed E-state index contributed by atoms with van der Waals surface area (Å²) in [6.45, 7) is 1.54. The second-order valence-corrected chi connectivity index (χ2v) is 6.01. The highest BCUT2D eigenvalue weighted by Crippen LogP contribution is 2.41. The Kier molecular flexibility index (Phi) is 7.43. The molecule has 1 N–H and O–H groups in total. The predicted molar refractivity (Wildman–Crippen MR) is 109 cm³/mol. The summed E-state index contributed by atoms with van der Waals surface area (Å²) in [5.41, 5.74) is 1.31. The van der Waals surface area contributed by atoms with Crippen molar-refractivity contribution in [2.45, 2.75) is 13.3 Å². The van der Waals surface area contributed by atoms with Crippen molar-refractivity contribution in [3.8, 4) is 23.3 Å². The van der Waals surface area contributed by atoms with Crippen LogP contribution in [0.5, 0.6) is 17.2 Å². The van der Waals surface area contributed by atoms with Gasteiger partial charge in [-0.3, -0.25) is 9.59 Å². The van der Waals surface area contributed by atoms with Gasteiger partial charge in [-0.25, -0.2) is 0 Å². The van der Waals surface area contributed by atoms with Crippen molar-refractivity contribution in [1.82, 2.24) is 0 Å². The Hall–Kier alpha value is -3.73. The van der Waals surface area contributed by atoms with E-state index in [0.29, 0.717) is 34.2 Å². The van der Waals surface area contributed by atoms with Crippen LogP contribution in [0.1, 0.15) is 18.9 Å². The molecule has 2 aromatic carbocycles. The molecular formula is C21H23N3O5. The van der Waals surface area contributed by atoms with Crippen LogP contribution in [0.4, 0.5) is 11.4 Å². The molecule has 0 aliphatic heterocycles. The number of ether oxygens (including phenoxy) is 3. The lowest BCUT2D eigenvalue weighted by Crippen LogP contribution is -2.32. The molecule has 0 bridgehead atoms. The van der Waals surface area contributed by atoms with Gasteiger partial charge < -0.3 is 24.4 Å². The van der Waals surface area contributed by atoms with Crippen LogP contribution < -0.4 is 24.4 Å². The van der Waals surface area contributed by atoms with Gasteiger partial charge in [0.25, 0.3) is 0 Å². The van der Waals surface area contributed by atoms with Crippen LogP contribution in [-0.4, -0.2) is 39.7 Å². The minimum Gasteiger partial charge on any atom is -0.493 e. The van der Waals surface area contributed by atoms with Crippen LogP contribution in [0.2, 0.25) is 0 Å². The first-order chi connectivity index (χ1) is 13.9. The number of carbonyl (C=O) groups excluding carboxylic acids is 2. The number of methoxy groups -OCH3 is 3. The number of hydrogen-bond donors (Lipinski definition) is 1. The molecule has 2 amide bonds. The molecule has 0 fully saturated rings. The normalized spacial score (nSPS) is 9.90. The highest BCUT2D eigenvalue weighted by Gasteiger charge is 2.20. The first kappa shape index (κ1) is 21.6. The summed E-state index contributed by atoms with van der Waals surface area (Å²) in [5, 5.41) is 11.8. The largest absolute Gasteiger partial charge is 0.493 e. The Balaban J connectivity index is 2.20. The quantitative estimate of drug-likeness (QED) is 0.735. The van der Waals surface area contributed by atoms with Gasteiger partial charge in [0.1, 0.15) is 6.07 Å². The van der Waals surface area contributed by atoms with E-state index in [9.17, 15) is 9.59 Å². The van der Waals surface area contributed by atoms with Gasteiger partial charge in [0.15, 0.2) is 11.5 Å². The number of carbonyl (C=O) groups is 2. The Morgan fingerprint density at radius 1 is 1.07 bits per heavy atom. The van der Waals surface area contributed by atoms with Gasteiger partial charge in [0, 0.05) is 32.0 Å². The molecule has 0 heterocycles. The second kappa shape index (κ2) is 9.99. The summed E-state index contributed by atoms with van der Waals surface area (Å²) in [6, 6.07) is 12.0. The van der Waals surface area contributed by atoms with E-state index in [2.05, 4.69) is 5.32 Å². The highest BCUT2D eigenvalue weighted by molar-refractivity contribution is 5.95. The van der Waals surface area contributed by atoms with Crippen LogP contribution in [0.15, 0.2) is 36.4 Å². The third-order valence-electron chi connectivity index (χ3n) is 4.23. The zero-order valence-corrected chi connectivity index (χ0v) is 16.8. The number of nitrogens with zero attached hydrogens (tertiary/aromatic N) is 2. The fourth-order valence-corrected chi connectivity index (χ4v) is 2.81. The Bertz CT molecular complexity index is 911. The van der Waals surface area contributed by atoms with E-state index in [1.54, 1.807) is 36.4 Å². The van der Waals surface area contributed by atoms with E-state index in [-0.39, 0.29) is 24.8 Å². The average Bonchev–Trinajstić information content (AvgIpc) is 2.73. The van der Waals surface area contributed by atoms with Crippen LogP contribution in [0, 0.1) is 11.3 Å².